The topological polar surface area (TPSA) is 29.3 Å². The summed E-state index contributed by atoms with van der Waals surface area (Å²) in [4.78, 5) is 2.51. The molecule has 0 radical (unpaired) electrons. The minimum atomic E-state index is 0.854. The van der Waals surface area contributed by atoms with Crippen LogP contribution >= 0.6 is 0 Å². The van der Waals surface area contributed by atoms with E-state index in [9.17, 15) is 0 Å². The molecule has 0 aromatic heterocycles. The monoisotopic (exact) mass is 204 g/mol. The van der Waals surface area contributed by atoms with Crippen LogP contribution in [0.4, 0.5) is 5.69 Å². The van der Waals surface area contributed by atoms with Crippen molar-refractivity contribution in [3.05, 3.63) is 29.3 Å². The van der Waals surface area contributed by atoms with Crippen molar-refractivity contribution in [1.82, 2.24) is 4.90 Å². The Hall–Kier alpha value is -1.02. The molecule has 1 fully saturated rings. The van der Waals surface area contributed by atoms with Crippen LogP contribution in [0.1, 0.15) is 24.5 Å². The molecule has 1 aliphatic heterocycles. The van der Waals surface area contributed by atoms with Gasteiger partial charge in [-0.3, -0.25) is 4.90 Å². The number of nitrogen functional groups attached to an aromatic ring is 1. The number of nitrogens with zero attached hydrogens (tertiary/aromatic N) is 1. The van der Waals surface area contributed by atoms with Crippen molar-refractivity contribution in [2.75, 3.05) is 18.8 Å². The highest BCUT2D eigenvalue weighted by molar-refractivity contribution is 5.48. The molecule has 0 amide bonds. The molecule has 1 aromatic rings. The van der Waals surface area contributed by atoms with Crippen LogP contribution in [0.2, 0.25) is 0 Å². The van der Waals surface area contributed by atoms with Crippen LogP contribution in [0.5, 0.6) is 0 Å². The minimum Gasteiger partial charge on any atom is -0.399 e. The van der Waals surface area contributed by atoms with Crippen molar-refractivity contribution in [1.29, 1.82) is 0 Å². The molecule has 1 saturated heterocycles. The molecular formula is C13H20N2. The van der Waals surface area contributed by atoms with Crippen LogP contribution in [0.25, 0.3) is 0 Å². The third-order valence-electron chi connectivity index (χ3n) is 3.26. The molecule has 1 atom stereocenters. The van der Waals surface area contributed by atoms with E-state index in [-0.39, 0.29) is 0 Å². The smallest absolute Gasteiger partial charge is 0.0346 e. The normalized spacial score (nSPS) is 22.1. The van der Waals surface area contributed by atoms with E-state index in [1.807, 2.05) is 0 Å². The molecule has 1 aliphatic rings. The molecule has 0 bridgehead atoms. The zero-order valence-corrected chi connectivity index (χ0v) is 9.66. The van der Waals surface area contributed by atoms with E-state index in [0.29, 0.717) is 0 Å². The lowest BCUT2D eigenvalue weighted by Crippen LogP contribution is -2.19. The standard InChI is InChI=1S/C13H20N2/c1-10-5-6-15(8-10)9-12-4-3-11(2)13(14)7-12/h3-4,7,10H,5-6,8-9,14H2,1-2H3. The summed E-state index contributed by atoms with van der Waals surface area (Å²) in [7, 11) is 0. The van der Waals surface area contributed by atoms with Crippen molar-refractivity contribution < 1.29 is 0 Å². The number of hydrogen-bond donors (Lipinski definition) is 1. The Morgan fingerprint density at radius 3 is 2.87 bits per heavy atom. The molecule has 0 saturated carbocycles. The van der Waals surface area contributed by atoms with E-state index in [1.54, 1.807) is 0 Å². The van der Waals surface area contributed by atoms with Gasteiger partial charge in [0.05, 0.1) is 0 Å². The zero-order valence-electron chi connectivity index (χ0n) is 9.66. The van der Waals surface area contributed by atoms with Crippen LogP contribution < -0.4 is 5.73 Å². The van der Waals surface area contributed by atoms with E-state index in [4.69, 9.17) is 5.73 Å². The fourth-order valence-corrected chi connectivity index (χ4v) is 2.22. The van der Waals surface area contributed by atoms with Crippen LogP contribution in [-0.4, -0.2) is 18.0 Å². The lowest BCUT2D eigenvalue weighted by molar-refractivity contribution is 0.320. The molecule has 1 unspecified atom stereocenters. The van der Waals surface area contributed by atoms with Gasteiger partial charge in [0.1, 0.15) is 0 Å². The van der Waals surface area contributed by atoms with Crippen molar-refractivity contribution in [3.8, 4) is 0 Å². The summed E-state index contributed by atoms with van der Waals surface area (Å²) in [6.07, 6.45) is 1.33. The van der Waals surface area contributed by atoms with Gasteiger partial charge in [-0.1, -0.05) is 19.1 Å². The van der Waals surface area contributed by atoms with Crippen molar-refractivity contribution in [3.63, 3.8) is 0 Å². The maximum Gasteiger partial charge on any atom is 0.0346 e. The quantitative estimate of drug-likeness (QED) is 0.750. The number of anilines is 1. The Labute approximate surface area is 92.1 Å². The lowest BCUT2D eigenvalue weighted by atomic mass is 10.1. The second kappa shape index (κ2) is 4.23. The Morgan fingerprint density at radius 2 is 2.27 bits per heavy atom. The fraction of sp³-hybridized carbons (Fsp3) is 0.538. The highest BCUT2D eigenvalue weighted by atomic mass is 15.1. The lowest BCUT2D eigenvalue weighted by Gasteiger charge is -2.15. The first-order chi connectivity index (χ1) is 7.15. The molecule has 82 valence electrons. The van der Waals surface area contributed by atoms with Gasteiger partial charge in [0.2, 0.25) is 0 Å². The molecule has 1 heterocycles. The van der Waals surface area contributed by atoms with Gasteiger partial charge in [-0.05, 0) is 43.0 Å². The Balaban J connectivity index is 2.02. The maximum absolute atomic E-state index is 5.90. The van der Waals surface area contributed by atoms with Gasteiger partial charge >= 0.3 is 0 Å². The highest BCUT2D eigenvalue weighted by Crippen LogP contribution is 2.19. The number of benzene rings is 1. The van der Waals surface area contributed by atoms with E-state index in [1.165, 1.54) is 30.6 Å². The highest BCUT2D eigenvalue weighted by Gasteiger charge is 2.18. The average Bonchev–Trinajstić information content (AvgIpc) is 2.58. The predicted molar refractivity (Wildman–Crippen MR) is 64.6 cm³/mol. The van der Waals surface area contributed by atoms with Crippen LogP contribution in [-0.2, 0) is 6.54 Å². The number of rotatable bonds is 2. The van der Waals surface area contributed by atoms with Gasteiger partial charge in [-0.25, -0.2) is 0 Å². The summed E-state index contributed by atoms with van der Waals surface area (Å²) in [5.74, 6) is 0.854. The molecule has 2 nitrogen and oxygen atoms in total. The molecule has 2 rings (SSSR count). The largest absolute Gasteiger partial charge is 0.399 e. The molecule has 1 aromatic carbocycles. The first-order valence-corrected chi connectivity index (χ1v) is 5.72. The van der Waals surface area contributed by atoms with Gasteiger partial charge < -0.3 is 5.73 Å². The maximum atomic E-state index is 5.90. The van der Waals surface area contributed by atoms with Crippen molar-refractivity contribution in [2.24, 2.45) is 5.92 Å². The number of aryl methyl sites for hydroxylation is 1. The number of hydrogen-bond acceptors (Lipinski definition) is 2. The van der Waals surface area contributed by atoms with Crippen molar-refractivity contribution >= 4 is 5.69 Å². The number of nitrogens with two attached hydrogens (primary N) is 1. The molecule has 0 aliphatic carbocycles. The van der Waals surface area contributed by atoms with Gasteiger partial charge in [0.15, 0.2) is 0 Å². The van der Waals surface area contributed by atoms with E-state index in [2.05, 4.69) is 36.9 Å². The van der Waals surface area contributed by atoms with Gasteiger partial charge in [0.25, 0.3) is 0 Å². The van der Waals surface area contributed by atoms with E-state index in [0.717, 1.165) is 18.2 Å². The summed E-state index contributed by atoms with van der Waals surface area (Å²) in [5, 5.41) is 0. The molecule has 0 spiro atoms. The Morgan fingerprint density at radius 1 is 1.47 bits per heavy atom. The van der Waals surface area contributed by atoms with E-state index < -0.39 is 0 Å². The second-order valence-corrected chi connectivity index (χ2v) is 4.82. The molecule has 15 heavy (non-hydrogen) atoms. The first kappa shape index (κ1) is 10.5. The summed E-state index contributed by atoms with van der Waals surface area (Å²) in [5.41, 5.74) is 9.33. The molecular weight excluding hydrogens is 184 g/mol. The Kier molecular flexibility index (Phi) is 2.96. The molecule has 2 N–H and O–H groups in total. The zero-order chi connectivity index (χ0) is 10.8. The summed E-state index contributed by atoms with van der Waals surface area (Å²) in [6.45, 7) is 7.89. The average molecular weight is 204 g/mol. The van der Waals surface area contributed by atoms with Gasteiger partial charge in [-0.2, -0.15) is 0 Å². The Bertz CT molecular complexity index is 346. The molecule has 2 heteroatoms. The SMILES string of the molecule is Cc1ccc(CN2CCC(C)C2)cc1N. The summed E-state index contributed by atoms with van der Waals surface area (Å²) in [6, 6.07) is 6.41. The number of likely N-dealkylation sites (tertiary alicyclic amines) is 1. The summed E-state index contributed by atoms with van der Waals surface area (Å²) >= 11 is 0. The van der Waals surface area contributed by atoms with Crippen LogP contribution in [0, 0.1) is 12.8 Å². The van der Waals surface area contributed by atoms with E-state index >= 15 is 0 Å². The fourth-order valence-electron chi connectivity index (χ4n) is 2.22. The van der Waals surface area contributed by atoms with Gasteiger partial charge in [-0.15, -0.1) is 0 Å². The third-order valence-corrected chi connectivity index (χ3v) is 3.26. The first-order valence-electron chi connectivity index (χ1n) is 5.72. The minimum absolute atomic E-state index is 0.854. The third kappa shape index (κ3) is 2.51. The van der Waals surface area contributed by atoms with Crippen LogP contribution in [0.3, 0.4) is 0 Å². The van der Waals surface area contributed by atoms with Crippen molar-refractivity contribution in [2.45, 2.75) is 26.8 Å². The van der Waals surface area contributed by atoms with Gasteiger partial charge in [0, 0.05) is 18.8 Å². The predicted octanol–water partition coefficient (Wildman–Crippen LogP) is 2.42. The second-order valence-electron chi connectivity index (χ2n) is 4.82. The summed E-state index contributed by atoms with van der Waals surface area (Å²) < 4.78 is 0. The van der Waals surface area contributed by atoms with Crippen LogP contribution in [0.15, 0.2) is 18.2 Å².